The van der Waals surface area contributed by atoms with Gasteiger partial charge in [-0.3, -0.25) is 0 Å². The quantitative estimate of drug-likeness (QED) is 0.329. The Morgan fingerprint density at radius 3 is 2.37 bits per heavy atom. The molecular weight excluding hydrogens is 482 g/mol. The van der Waals surface area contributed by atoms with Gasteiger partial charge in [-0.25, -0.2) is 14.8 Å². The van der Waals surface area contributed by atoms with Crippen LogP contribution in [0.5, 0.6) is 23.0 Å². The molecule has 1 saturated heterocycles. The van der Waals surface area contributed by atoms with Crippen LogP contribution in [0.25, 0.3) is 10.9 Å². The van der Waals surface area contributed by atoms with E-state index in [1.54, 1.807) is 13.4 Å². The topological polar surface area (TPSA) is 89.1 Å². The van der Waals surface area contributed by atoms with Gasteiger partial charge in [0, 0.05) is 43.3 Å². The van der Waals surface area contributed by atoms with Gasteiger partial charge in [-0.2, -0.15) is 0 Å². The number of urea groups is 1. The van der Waals surface area contributed by atoms with Crippen molar-refractivity contribution in [1.82, 2.24) is 14.9 Å². The summed E-state index contributed by atoms with van der Waals surface area (Å²) in [6.07, 6.45) is 2.47. The smallest absolute Gasteiger partial charge is 0.321 e. The largest absolute Gasteiger partial charge is 0.493 e. The first-order valence-corrected chi connectivity index (χ1v) is 12.7. The Morgan fingerprint density at radius 1 is 0.921 bits per heavy atom. The first-order valence-electron chi connectivity index (χ1n) is 12.7. The van der Waals surface area contributed by atoms with Crippen molar-refractivity contribution >= 4 is 28.4 Å². The van der Waals surface area contributed by atoms with Gasteiger partial charge in [0.05, 0.1) is 19.2 Å². The van der Waals surface area contributed by atoms with Crippen LogP contribution in [0.4, 0.5) is 16.3 Å². The van der Waals surface area contributed by atoms with Crippen molar-refractivity contribution in [2.24, 2.45) is 0 Å². The highest BCUT2D eigenvalue weighted by molar-refractivity contribution is 5.92. The summed E-state index contributed by atoms with van der Waals surface area (Å²) in [4.78, 5) is 25.9. The molecule has 1 N–H and O–H groups in total. The van der Waals surface area contributed by atoms with Gasteiger partial charge in [-0.15, -0.1) is 0 Å². The zero-order valence-electron chi connectivity index (χ0n) is 21.6. The number of fused-ring (bicyclic) bond motifs is 1. The Kier molecular flexibility index (Phi) is 7.73. The number of methoxy groups -OCH3 is 1. The zero-order chi connectivity index (χ0) is 26.3. The third-order valence-electron chi connectivity index (χ3n) is 6.31. The molecule has 0 radical (unpaired) electrons. The molecule has 0 unspecified atom stereocenters. The van der Waals surface area contributed by atoms with Crippen LogP contribution in [0.1, 0.15) is 13.3 Å². The number of carbonyl (C=O) groups excluding carboxylic acids is 1. The third kappa shape index (κ3) is 5.72. The molecule has 5 rings (SSSR count). The maximum atomic E-state index is 12.9. The molecule has 0 atom stereocenters. The molecule has 0 saturated carbocycles. The van der Waals surface area contributed by atoms with Gasteiger partial charge in [0.25, 0.3) is 0 Å². The van der Waals surface area contributed by atoms with E-state index in [2.05, 4.69) is 27.1 Å². The highest BCUT2D eigenvalue weighted by Crippen LogP contribution is 2.35. The fourth-order valence-electron chi connectivity index (χ4n) is 4.34. The van der Waals surface area contributed by atoms with E-state index >= 15 is 0 Å². The lowest BCUT2D eigenvalue weighted by molar-refractivity contribution is 0.208. The fraction of sp³-hybridized carbons (Fsp3) is 0.276. The molecule has 2 heterocycles. The monoisotopic (exact) mass is 513 g/mol. The van der Waals surface area contributed by atoms with Gasteiger partial charge in [0.15, 0.2) is 11.5 Å². The molecule has 196 valence electrons. The number of amides is 2. The molecule has 4 aromatic rings. The first-order chi connectivity index (χ1) is 18.6. The summed E-state index contributed by atoms with van der Waals surface area (Å²) in [6, 6.07) is 20.6. The summed E-state index contributed by atoms with van der Waals surface area (Å²) in [5, 5.41) is 3.87. The van der Waals surface area contributed by atoms with Crippen molar-refractivity contribution < 1.29 is 19.0 Å². The number of carbonyl (C=O) groups is 1. The maximum absolute atomic E-state index is 12.9. The Morgan fingerprint density at radius 2 is 1.66 bits per heavy atom. The van der Waals surface area contributed by atoms with Crippen molar-refractivity contribution in [2.75, 3.05) is 50.1 Å². The number of nitrogens with zero attached hydrogens (tertiary/aromatic N) is 4. The second-order valence-corrected chi connectivity index (χ2v) is 8.91. The minimum atomic E-state index is -0.131. The van der Waals surface area contributed by atoms with E-state index in [4.69, 9.17) is 14.2 Å². The first kappa shape index (κ1) is 25.1. The Hall–Kier alpha value is -4.53. The molecule has 2 amide bonds. The maximum Gasteiger partial charge on any atom is 0.321 e. The standard InChI is InChI=1S/C29H31N5O4/c1-3-17-37-27-19-25-24(18-26(27)36-2)28(31-20-30-25)33-13-15-34(16-14-33)29(35)32-21-9-11-23(12-10-21)38-22-7-5-4-6-8-22/h4-12,18-20H,3,13-17H2,1-2H3,(H,32,35). The van der Waals surface area contributed by atoms with Crippen LogP contribution in [-0.4, -0.2) is 60.8 Å². The summed E-state index contributed by atoms with van der Waals surface area (Å²) < 4.78 is 17.2. The van der Waals surface area contributed by atoms with Crippen LogP contribution in [0.3, 0.4) is 0 Å². The van der Waals surface area contributed by atoms with Crippen molar-refractivity contribution in [2.45, 2.75) is 13.3 Å². The van der Waals surface area contributed by atoms with E-state index in [1.165, 1.54) is 0 Å². The van der Waals surface area contributed by atoms with E-state index < -0.39 is 0 Å². The van der Waals surface area contributed by atoms with E-state index in [9.17, 15) is 4.79 Å². The van der Waals surface area contributed by atoms with Crippen molar-refractivity contribution in [1.29, 1.82) is 0 Å². The molecule has 1 fully saturated rings. The molecule has 0 aliphatic carbocycles. The van der Waals surface area contributed by atoms with Crippen molar-refractivity contribution in [3.05, 3.63) is 73.1 Å². The van der Waals surface area contributed by atoms with Crippen LogP contribution >= 0.6 is 0 Å². The number of para-hydroxylation sites is 1. The van der Waals surface area contributed by atoms with Gasteiger partial charge in [0.1, 0.15) is 23.6 Å². The highest BCUT2D eigenvalue weighted by Gasteiger charge is 2.24. The Bertz CT molecular complexity index is 1370. The zero-order valence-corrected chi connectivity index (χ0v) is 21.6. The predicted octanol–water partition coefficient (Wildman–Crippen LogP) is 5.57. The summed E-state index contributed by atoms with van der Waals surface area (Å²) in [5.41, 5.74) is 1.51. The Balaban J connectivity index is 1.21. The van der Waals surface area contributed by atoms with E-state index in [0.29, 0.717) is 55.7 Å². The molecule has 1 aromatic heterocycles. The van der Waals surface area contributed by atoms with Crippen LogP contribution < -0.4 is 24.4 Å². The van der Waals surface area contributed by atoms with Crippen molar-refractivity contribution in [3.63, 3.8) is 0 Å². The van der Waals surface area contributed by atoms with Gasteiger partial charge < -0.3 is 29.3 Å². The highest BCUT2D eigenvalue weighted by atomic mass is 16.5. The molecule has 1 aliphatic heterocycles. The predicted molar refractivity (Wildman–Crippen MR) is 148 cm³/mol. The number of ether oxygens (including phenoxy) is 3. The molecule has 9 heteroatoms. The van der Waals surface area contributed by atoms with Gasteiger partial charge in [-0.1, -0.05) is 25.1 Å². The summed E-state index contributed by atoms with van der Waals surface area (Å²) in [5.74, 6) is 3.63. The van der Waals surface area contributed by atoms with Gasteiger partial charge >= 0.3 is 6.03 Å². The molecule has 0 bridgehead atoms. The number of piperazine rings is 1. The van der Waals surface area contributed by atoms with E-state index in [-0.39, 0.29) is 6.03 Å². The normalized spacial score (nSPS) is 13.3. The number of rotatable bonds is 8. The van der Waals surface area contributed by atoms with E-state index in [0.717, 1.165) is 28.9 Å². The number of aromatic nitrogens is 2. The number of benzene rings is 3. The molecule has 38 heavy (non-hydrogen) atoms. The molecule has 1 aliphatic rings. The third-order valence-corrected chi connectivity index (χ3v) is 6.31. The average molecular weight is 514 g/mol. The SMILES string of the molecule is CCCOc1cc2ncnc(N3CCN(C(=O)Nc4ccc(Oc5ccccc5)cc4)CC3)c2cc1OC. The number of anilines is 2. The summed E-state index contributed by atoms with van der Waals surface area (Å²) >= 11 is 0. The van der Waals surface area contributed by atoms with Crippen LogP contribution in [0.2, 0.25) is 0 Å². The molecule has 0 spiro atoms. The van der Waals surface area contributed by atoms with Gasteiger partial charge in [0.2, 0.25) is 0 Å². The van der Waals surface area contributed by atoms with E-state index in [1.807, 2.05) is 71.6 Å². The number of hydrogen-bond donors (Lipinski definition) is 1. The molecule has 9 nitrogen and oxygen atoms in total. The lowest BCUT2D eigenvalue weighted by Crippen LogP contribution is -2.50. The second kappa shape index (κ2) is 11.7. The molecule has 3 aromatic carbocycles. The summed E-state index contributed by atoms with van der Waals surface area (Å²) in [6.45, 7) is 5.11. The molecular formula is C29H31N5O4. The minimum absolute atomic E-state index is 0.131. The second-order valence-electron chi connectivity index (χ2n) is 8.91. The lowest BCUT2D eigenvalue weighted by atomic mass is 10.2. The minimum Gasteiger partial charge on any atom is -0.493 e. The Labute approximate surface area is 222 Å². The van der Waals surface area contributed by atoms with Crippen LogP contribution in [0.15, 0.2) is 73.1 Å². The summed E-state index contributed by atoms with van der Waals surface area (Å²) in [7, 11) is 1.63. The van der Waals surface area contributed by atoms with Crippen LogP contribution in [0, 0.1) is 0 Å². The number of nitrogens with one attached hydrogen (secondary N) is 1. The van der Waals surface area contributed by atoms with Crippen LogP contribution in [-0.2, 0) is 0 Å². The number of hydrogen-bond acceptors (Lipinski definition) is 7. The lowest BCUT2D eigenvalue weighted by Gasteiger charge is -2.35. The van der Waals surface area contributed by atoms with Gasteiger partial charge in [-0.05, 0) is 48.9 Å². The fourth-order valence-corrected chi connectivity index (χ4v) is 4.34. The average Bonchev–Trinajstić information content (AvgIpc) is 2.97. The van der Waals surface area contributed by atoms with Crippen molar-refractivity contribution in [3.8, 4) is 23.0 Å².